The summed E-state index contributed by atoms with van der Waals surface area (Å²) < 4.78 is 3.21. The van der Waals surface area contributed by atoms with Crippen LogP contribution < -0.4 is 5.69 Å². The van der Waals surface area contributed by atoms with E-state index in [0.29, 0.717) is 18.0 Å². The van der Waals surface area contributed by atoms with Crippen molar-refractivity contribution in [2.45, 2.75) is 20.4 Å². The summed E-state index contributed by atoms with van der Waals surface area (Å²) in [7, 11) is 0. The number of nitrogens with zero attached hydrogens (tertiary/aromatic N) is 4. The predicted molar refractivity (Wildman–Crippen MR) is 115 cm³/mol. The van der Waals surface area contributed by atoms with Crippen LogP contribution in [-0.2, 0) is 6.54 Å². The van der Waals surface area contributed by atoms with Gasteiger partial charge in [0.1, 0.15) is 0 Å². The molecule has 0 radical (unpaired) electrons. The van der Waals surface area contributed by atoms with Gasteiger partial charge in [-0.15, -0.1) is 5.10 Å². The highest BCUT2D eigenvalue weighted by Gasteiger charge is 2.16. The van der Waals surface area contributed by atoms with Crippen molar-refractivity contribution < 1.29 is 0 Å². The fourth-order valence-corrected chi connectivity index (χ4v) is 3.75. The van der Waals surface area contributed by atoms with E-state index in [2.05, 4.69) is 24.2 Å². The molecule has 5 heteroatoms. The van der Waals surface area contributed by atoms with Crippen LogP contribution in [-0.4, -0.2) is 19.2 Å². The zero-order valence-electron chi connectivity index (χ0n) is 16.3. The molecule has 0 amide bonds. The van der Waals surface area contributed by atoms with Crippen LogP contribution in [0.5, 0.6) is 0 Å². The smallest absolute Gasteiger partial charge is 0.287 e. The number of hydrogen-bond acceptors (Lipinski definition) is 3. The largest absolute Gasteiger partial charge is 0.351 e. The third-order valence-electron chi connectivity index (χ3n) is 5.32. The summed E-state index contributed by atoms with van der Waals surface area (Å²) >= 11 is 0. The molecule has 5 aromatic rings. The van der Waals surface area contributed by atoms with E-state index >= 15 is 0 Å². The molecule has 5 rings (SSSR count). The predicted octanol–water partition coefficient (Wildman–Crippen LogP) is 4.38. The molecule has 142 valence electrons. The van der Waals surface area contributed by atoms with Crippen LogP contribution in [0, 0.1) is 13.8 Å². The highest BCUT2D eigenvalue weighted by Crippen LogP contribution is 2.22. The third kappa shape index (κ3) is 2.91. The zero-order chi connectivity index (χ0) is 20.0. The molecule has 5 nitrogen and oxygen atoms in total. The number of aromatic nitrogens is 4. The molecule has 0 bridgehead atoms. The van der Waals surface area contributed by atoms with Gasteiger partial charge in [0, 0.05) is 10.9 Å². The van der Waals surface area contributed by atoms with Gasteiger partial charge in [0.25, 0.3) is 0 Å². The van der Waals surface area contributed by atoms with E-state index in [1.165, 1.54) is 4.52 Å². The van der Waals surface area contributed by atoms with Crippen LogP contribution in [0.15, 0.2) is 77.6 Å². The Kier molecular flexibility index (Phi) is 4.02. The molecule has 0 saturated carbocycles. The summed E-state index contributed by atoms with van der Waals surface area (Å²) in [5, 5.41) is 5.48. The van der Waals surface area contributed by atoms with Crippen LogP contribution in [0.3, 0.4) is 0 Å². The average molecular weight is 380 g/mol. The van der Waals surface area contributed by atoms with Gasteiger partial charge in [-0.1, -0.05) is 60.2 Å². The molecule has 2 heterocycles. The third-order valence-corrected chi connectivity index (χ3v) is 5.32. The van der Waals surface area contributed by atoms with Gasteiger partial charge in [0.2, 0.25) is 0 Å². The molecule has 0 spiro atoms. The number of hydrogen-bond donors (Lipinski definition) is 0. The Morgan fingerprint density at radius 3 is 2.52 bits per heavy atom. The molecule has 2 aromatic heterocycles. The first-order valence-corrected chi connectivity index (χ1v) is 9.62. The SMILES string of the molecule is Cc1cccc(-c2nc3c4ccccc4n(Cc4ccccc4C)c(=O)n3n2)c1. The molecule has 0 atom stereocenters. The number of para-hydroxylation sites is 1. The second kappa shape index (κ2) is 6.71. The summed E-state index contributed by atoms with van der Waals surface area (Å²) in [6, 6.07) is 24.0. The van der Waals surface area contributed by atoms with Crippen molar-refractivity contribution >= 4 is 16.6 Å². The van der Waals surface area contributed by atoms with Crippen LogP contribution in [0.2, 0.25) is 0 Å². The van der Waals surface area contributed by atoms with Gasteiger partial charge in [-0.25, -0.2) is 9.78 Å². The summed E-state index contributed by atoms with van der Waals surface area (Å²) in [6.07, 6.45) is 0. The van der Waals surface area contributed by atoms with Gasteiger partial charge in [0.05, 0.1) is 12.1 Å². The van der Waals surface area contributed by atoms with Gasteiger partial charge < -0.3 is 0 Å². The molecule has 0 aliphatic rings. The molecule has 29 heavy (non-hydrogen) atoms. The quantitative estimate of drug-likeness (QED) is 0.467. The molecular formula is C24H20N4O. The first kappa shape index (κ1) is 17.4. The van der Waals surface area contributed by atoms with E-state index in [9.17, 15) is 4.79 Å². The Hall–Kier alpha value is -3.73. The number of rotatable bonds is 3. The maximum atomic E-state index is 13.4. The minimum atomic E-state index is -0.187. The maximum Gasteiger partial charge on any atom is 0.351 e. The lowest BCUT2D eigenvalue weighted by Crippen LogP contribution is -2.28. The van der Waals surface area contributed by atoms with E-state index < -0.39 is 0 Å². The Labute approximate surface area is 167 Å². The minimum absolute atomic E-state index is 0.187. The van der Waals surface area contributed by atoms with Gasteiger partial charge in [-0.05, 0) is 43.2 Å². The maximum absolute atomic E-state index is 13.4. The minimum Gasteiger partial charge on any atom is -0.287 e. The van der Waals surface area contributed by atoms with Gasteiger partial charge >= 0.3 is 5.69 Å². The molecule has 0 fully saturated rings. The van der Waals surface area contributed by atoms with Crippen LogP contribution in [0.25, 0.3) is 27.9 Å². The highest BCUT2D eigenvalue weighted by atomic mass is 16.2. The summed E-state index contributed by atoms with van der Waals surface area (Å²) in [5.41, 5.74) is 5.56. The molecule has 0 unspecified atom stereocenters. The van der Waals surface area contributed by atoms with E-state index in [4.69, 9.17) is 4.98 Å². The van der Waals surface area contributed by atoms with Gasteiger partial charge in [-0.3, -0.25) is 4.57 Å². The fraction of sp³-hybridized carbons (Fsp3) is 0.125. The first-order chi connectivity index (χ1) is 14.1. The first-order valence-electron chi connectivity index (χ1n) is 9.62. The highest BCUT2D eigenvalue weighted by molar-refractivity contribution is 5.92. The van der Waals surface area contributed by atoms with Crippen LogP contribution in [0.4, 0.5) is 0 Å². The lowest BCUT2D eigenvalue weighted by Gasteiger charge is -2.12. The molecule has 0 aliphatic carbocycles. The zero-order valence-corrected chi connectivity index (χ0v) is 16.3. The summed E-state index contributed by atoms with van der Waals surface area (Å²) in [4.78, 5) is 18.1. The lowest BCUT2D eigenvalue weighted by molar-refractivity contribution is 0.714. The van der Waals surface area contributed by atoms with Crippen molar-refractivity contribution in [3.05, 3.63) is 100.0 Å². The topological polar surface area (TPSA) is 52.2 Å². The number of benzene rings is 3. The Balaban J connectivity index is 1.78. The molecule has 0 saturated heterocycles. The lowest BCUT2D eigenvalue weighted by atomic mass is 10.1. The monoisotopic (exact) mass is 380 g/mol. The molecular weight excluding hydrogens is 360 g/mol. The summed E-state index contributed by atoms with van der Waals surface area (Å²) in [5.74, 6) is 0.560. The number of aryl methyl sites for hydroxylation is 2. The van der Waals surface area contributed by atoms with Crippen LogP contribution >= 0.6 is 0 Å². The molecule has 0 N–H and O–H groups in total. The average Bonchev–Trinajstić information content (AvgIpc) is 3.18. The Morgan fingerprint density at radius 2 is 1.69 bits per heavy atom. The van der Waals surface area contributed by atoms with Crippen molar-refractivity contribution in [1.82, 2.24) is 19.2 Å². The van der Waals surface area contributed by atoms with Crippen LogP contribution in [0.1, 0.15) is 16.7 Å². The Morgan fingerprint density at radius 1 is 0.897 bits per heavy atom. The van der Waals surface area contributed by atoms with Crippen molar-refractivity contribution in [2.75, 3.05) is 0 Å². The van der Waals surface area contributed by atoms with Gasteiger partial charge in [0.15, 0.2) is 11.5 Å². The van der Waals surface area contributed by atoms with E-state index in [-0.39, 0.29) is 5.69 Å². The molecule has 3 aromatic carbocycles. The van der Waals surface area contributed by atoms with Crippen molar-refractivity contribution in [2.24, 2.45) is 0 Å². The normalized spacial score (nSPS) is 11.4. The van der Waals surface area contributed by atoms with E-state index in [1.807, 2.05) is 67.6 Å². The van der Waals surface area contributed by atoms with E-state index in [0.717, 1.165) is 33.2 Å². The second-order valence-electron chi connectivity index (χ2n) is 7.35. The standard InChI is InChI=1S/C24H20N4O/c1-16-8-7-11-18(14-16)22-25-23-20-12-5-6-13-21(20)27(24(29)28(23)26-22)15-19-10-4-3-9-17(19)2/h3-14H,15H2,1-2H3. The van der Waals surface area contributed by atoms with Crippen molar-refractivity contribution in [1.29, 1.82) is 0 Å². The fourth-order valence-electron chi connectivity index (χ4n) is 3.75. The summed E-state index contributed by atoms with van der Waals surface area (Å²) in [6.45, 7) is 4.58. The van der Waals surface area contributed by atoms with E-state index in [1.54, 1.807) is 4.57 Å². The van der Waals surface area contributed by atoms with Gasteiger partial charge in [-0.2, -0.15) is 4.52 Å². The molecule has 0 aliphatic heterocycles. The number of fused-ring (bicyclic) bond motifs is 3. The second-order valence-corrected chi connectivity index (χ2v) is 7.35. The van der Waals surface area contributed by atoms with Crippen molar-refractivity contribution in [3.8, 4) is 11.4 Å². The van der Waals surface area contributed by atoms with Crippen molar-refractivity contribution in [3.63, 3.8) is 0 Å². The Bertz CT molecular complexity index is 1430.